The summed E-state index contributed by atoms with van der Waals surface area (Å²) in [4.78, 5) is 0. The number of hydrogen-bond donors (Lipinski definition) is 2. The van der Waals surface area contributed by atoms with Crippen molar-refractivity contribution in [3.8, 4) is 6.07 Å². The van der Waals surface area contributed by atoms with Gasteiger partial charge in [0.1, 0.15) is 6.07 Å². The Labute approximate surface area is 88.7 Å². The molecule has 0 bridgehead atoms. The summed E-state index contributed by atoms with van der Waals surface area (Å²) in [6.07, 6.45) is 0. The molecule has 0 amide bonds. The second kappa shape index (κ2) is 5.48. The third-order valence-electron chi connectivity index (χ3n) is 1.82. The molecule has 1 aromatic carbocycles. The molecular formula is C10H12ClN3. The smallest absolute Gasteiger partial charge is 0.103 e. The van der Waals surface area contributed by atoms with Crippen LogP contribution in [0.15, 0.2) is 18.2 Å². The van der Waals surface area contributed by atoms with E-state index < -0.39 is 0 Å². The van der Waals surface area contributed by atoms with Crippen molar-refractivity contribution in [3.63, 3.8) is 0 Å². The molecule has 0 saturated heterocycles. The Morgan fingerprint density at radius 1 is 1.43 bits per heavy atom. The van der Waals surface area contributed by atoms with Gasteiger partial charge in [0.25, 0.3) is 0 Å². The number of halogens is 1. The SMILES string of the molecule is CNCCNc1cccc(Cl)c1C#N. The maximum Gasteiger partial charge on any atom is 0.103 e. The molecule has 0 aliphatic rings. The number of nitrogens with zero attached hydrogens (tertiary/aromatic N) is 1. The Hall–Kier alpha value is -1.24. The predicted molar refractivity (Wildman–Crippen MR) is 58.6 cm³/mol. The van der Waals surface area contributed by atoms with E-state index in [0.717, 1.165) is 18.8 Å². The van der Waals surface area contributed by atoms with Crippen LogP contribution >= 0.6 is 11.6 Å². The first kappa shape index (κ1) is 10.8. The molecule has 1 rings (SSSR count). The lowest BCUT2D eigenvalue weighted by molar-refractivity contribution is 0.823. The average molecular weight is 210 g/mol. The van der Waals surface area contributed by atoms with Gasteiger partial charge in [0.2, 0.25) is 0 Å². The van der Waals surface area contributed by atoms with Gasteiger partial charge in [-0.2, -0.15) is 5.26 Å². The van der Waals surface area contributed by atoms with Gasteiger partial charge in [0.15, 0.2) is 0 Å². The number of anilines is 1. The van der Waals surface area contributed by atoms with Crippen molar-refractivity contribution >= 4 is 17.3 Å². The van der Waals surface area contributed by atoms with E-state index in [-0.39, 0.29) is 0 Å². The molecule has 4 heteroatoms. The van der Waals surface area contributed by atoms with Gasteiger partial charge in [-0.05, 0) is 19.2 Å². The minimum atomic E-state index is 0.488. The highest BCUT2D eigenvalue weighted by molar-refractivity contribution is 6.32. The van der Waals surface area contributed by atoms with Crippen molar-refractivity contribution in [2.24, 2.45) is 0 Å². The van der Waals surface area contributed by atoms with Crippen molar-refractivity contribution in [1.82, 2.24) is 5.32 Å². The van der Waals surface area contributed by atoms with Crippen LogP contribution in [0.25, 0.3) is 0 Å². The Balaban J connectivity index is 2.76. The summed E-state index contributed by atoms with van der Waals surface area (Å²) in [5, 5.41) is 15.5. The summed E-state index contributed by atoms with van der Waals surface area (Å²) in [6, 6.07) is 7.46. The van der Waals surface area contributed by atoms with E-state index in [9.17, 15) is 0 Å². The van der Waals surface area contributed by atoms with Crippen molar-refractivity contribution < 1.29 is 0 Å². The zero-order chi connectivity index (χ0) is 10.4. The zero-order valence-corrected chi connectivity index (χ0v) is 8.73. The number of nitrogens with one attached hydrogen (secondary N) is 2. The molecule has 1 aromatic rings. The highest BCUT2D eigenvalue weighted by Crippen LogP contribution is 2.22. The van der Waals surface area contributed by atoms with E-state index in [2.05, 4.69) is 16.7 Å². The topological polar surface area (TPSA) is 47.8 Å². The summed E-state index contributed by atoms with van der Waals surface area (Å²) < 4.78 is 0. The van der Waals surface area contributed by atoms with Gasteiger partial charge in [0, 0.05) is 13.1 Å². The van der Waals surface area contributed by atoms with Gasteiger partial charge < -0.3 is 10.6 Å². The lowest BCUT2D eigenvalue weighted by Gasteiger charge is -2.08. The van der Waals surface area contributed by atoms with Crippen LogP contribution in [-0.4, -0.2) is 20.1 Å². The maximum atomic E-state index is 8.87. The van der Waals surface area contributed by atoms with Crippen LogP contribution in [0.5, 0.6) is 0 Å². The Kier molecular flexibility index (Phi) is 4.24. The molecule has 0 unspecified atom stereocenters. The Morgan fingerprint density at radius 3 is 2.86 bits per heavy atom. The number of rotatable bonds is 4. The molecule has 14 heavy (non-hydrogen) atoms. The fourth-order valence-corrected chi connectivity index (χ4v) is 1.32. The molecule has 0 aromatic heterocycles. The molecule has 3 nitrogen and oxygen atoms in total. The van der Waals surface area contributed by atoms with E-state index in [0.29, 0.717) is 10.6 Å². The highest BCUT2D eigenvalue weighted by atomic mass is 35.5. The summed E-state index contributed by atoms with van der Waals surface area (Å²) in [5.74, 6) is 0. The second-order valence-electron chi connectivity index (χ2n) is 2.80. The molecule has 0 atom stereocenters. The monoisotopic (exact) mass is 209 g/mol. The average Bonchev–Trinajstić information content (AvgIpc) is 2.18. The van der Waals surface area contributed by atoms with Gasteiger partial charge in [-0.3, -0.25) is 0 Å². The fourth-order valence-electron chi connectivity index (χ4n) is 1.11. The second-order valence-corrected chi connectivity index (χ2v) is 3.21. The quantitative estimate of drug-likeness (QED) is 0.744. The van der Waals surface area contributed by atoms with Crippen LogP contribution in [0.2, 0.25) is 5.02 Å². The number of hydrogen-bond acceptors (Lipinski definition) is 3. The molecular weight excluding hydrogens is 198 g/mol. The van der Waals surface area contributed by atoms with E-state index in [1.165, 1.54) is 0 Å². The zero-order valence-electron chi connectivity index (χ0n) is 7.97. The van der Waals surface area contributed by atoms with Crippen LogP contribution in [0, 0.1) is 11.3 Å². The maximum absolute atomic E-state index is 8.87. The summed E-state index contributed by atoms with van der Waals surface area (Å²) >= 11 is 5.86. The fraction of sp³-hybridized carbons (Fsp3) is 0.300. The molecule has 0 spiro atoms. The third kappa shape index (κ3) is 2.63. The van der Waals surface area contributed by atoms with Gasteiger partial charge in [-0.1, -0.05) is 17.7 Å². The lowest BCUT2D eigenvalue weighted by atomic mass is 10.2. The van der Waals surface area contributed by atoms with E-state index in [1.54, 1.807) is 6.07 Å². The van der Waals surface area contributed by atoms with Gasteiger partial charge >= 0.3 is 0 Å². The standard InChI is InChI=1S/C10H12ClN3/c1-13-5-6-14-10-4-2-3-9(11)8(10)7-12/h2-4,13-14H,5-6H2,1H3. The summed E-state index contributed by atoms with van der Waals surface area (Å²) in [5.41, 5.74) is 1.29. The first-order chi connectivity index (χ1) is 6.79. The minimum absolute atomic E-state index is 0.488. The van der Waals surface area contributed by atoms with E-state index >= 15 is 0 Å². The molecule has 74 valence electrons. The molecule has 2 N–H and O–H groups in total. The summed E-state index contributed by atoms with van der Waals surface area (Å²) in [6.45, 7) is 1.61. The van der Waals surface area contributed by atoms with Crippen molar-refractivity contribution in [1.29, 1.82) is 5.26 Å². The number of likely N-dealkylation sites (N-methyl/N-ethyl adjacent to an activating group) is 1. The first-order valence-electron chi connectivity index (χ1n) is 4.36. The first-order valence-corrected chi connectivity index (χ1v) is 4.74. The van der Waals surface area contributed by atoms with Crippen LogP contribution in [-0.2, 0) is 0 Å². The Morgan fingerprint density at radius 2 is 2.21 bits per heavy atom. The van der Waals surface area contributed by atoms with E-state index in [1.807, 2.05) is 19.2 Å². The molecule has 0 aliphatic heterocycles. The van der Waals surface area contributed by atoms with Gasteiger partial charge in [-0.25, -0.2) is 0 Å². The van der Waals surface area contributed by atoms with Crippen LogP contribution in [0.4, 0.5) is 5.69 Å². The molecule has 0 fully saturated rings. The number of nitriles is 1. The Bertz CT molecular complexity index is 344. The molecule has 0 saturated carbocycles. The van der Waals surface area contributed by atoms with Crippen LogP contribution < -0.4 is 10.6 Å². The van der Waals surface area contributed by atoms with Crippen molar-refractivity contribution in [2.45, 2.75) is 0 Å². The van der Waals surface area contributed by atoms with E-state index in [4.69, 9.17) is 16.9 Å². The van der Waals surface area contributed by atoms with Gasteiger partial charge in [-0.15, -0.1) is 0 Å². The highest BCUT2D eigenvalue weighted by Gasteiger charge is 2.04. The third-order valence-corrected chi connectivity index (χ3v) is 2.13. The molecule has 0 heterocycles. The van der Waals surface area contributed by atoms with Crippen LogP contribution in [0.3, 0.4) is 0 Å². The predicted octanol–water partition coefficient (Wildman–Crippen LogP) is 1.84. The minimum Gasteiger partial charge on any atom is -0.383 e. The largest absolute Gasteiger partial charge is 0.383 e. The molecule has 0 radical (unpaired) electrons. The van der Waals surface area contributed by atoms with Crippen molar-refractivity contribution in [2.75, 3.05) is 25.5 Å². The normalized spacial score (nSPS) is 9.50. The van der Waals surface area contributed by atoms with Crippen molar-refractivity contribution in [3.05, 3.63) is 28.8 Å². The van der Waals surface area contributed by atoms with Crippen LogP contribution in [0.1, 0.15) is 5.56 Å². The summed E-state index contributed by atoms with van der Waals surface area (Å²) in [7, 11) is 1.88. The molecule has 0 aliphatic carbocycles. The van der Waals surface area contributed by atoms with Gasteiger partial charge in [0.05, 0.1) is 16.3 Å². The lowest BCUT2D eigenvalue weighted by Crippen LogP contribution is -2.18. The number of benzene rings is 1.